The first-order valence-electron chi connectivity index (χ1n) is 12.8. The van der Waals surface area contributed by atoms with Gasteiger partial charge in [-0.25, -0.2) is 19.2 Å². The zero-order valence-corrected chi connectivity index (χ0v) is 25.1. The van der Waals surface area contributed by atoms with Gasteiger partial charge in [0.15, 0.2) is 0 Å². The number of carbonyl (C=O) groups is 4. The molecule has 0 bridgehead atoms. The Balaban J connectivity index is -0.000000326. The summed E-state index contributed by atoms with van der Waals surface area (Å²) in [5.41, 5.74) is -1.31. The van der Waals surface area contributed by atoms with Crippen molar-refractivity contribution < 1.29 is 53.0 Å². The van der Waals surface area contributed by atoms with Gasteiger partial charge in [-0.3, -0.25) is 9.80 Å². The standard InChI is InChI=1S/C15H29NO5Si.C10H17NO5.CH4.3H/c1-15(2,3)21-14(19)16-10-11(17)9-12(16)13(18)20-7-8-22(4,5)6;1-10(2,3)16-9(15)11-5-6(12)4-7(11)8(13)14;;;;/h11-12,17H,7-10H2,1-6H3;6-7,12H,4-5H2,1-3H3,(H,13,14);1H4;;;/q;;;3*-1/t11-,12+;6-,7+;;;;/m11..../s1/i;;;3*1+1. The maximum absolute atomic E-state index is 12.2. The topological polar surface area (TPSA) is 163 Å². The minimum absolute atomic E-state index is 0. The Morgan fingerprint density at radius 2 is 1.21 bits per heavy atom. The number of carboxylic acid groups (broad SMARTS) is 1. The van der Waals surface area contributed by atoms with E-state index in [1.807, 2.05) is 0 Å². The number of hydrogen-bond acceptors (Lipinski definition) is 9. The van der Waals surface area contributed by atoms with E-state index in [0.29, 0.717) is 6.61 Å². The van der Waals surface area contributed by atoms with Crippen LogP contribution in [0.4, 0.5) is 9.59 Å². The Labute approximate surface area is 238 Å². The van der Waals surface area contributed by atoms with Gasteiger partial charge in [0, 0.05) is 20.9 Å². The van der Waals surface area contributed by atoms with Crippen molar-refractivity contribution in [3.63, 3.8) is 0 Å². The van der Waals surface area contributed by atoms with Gasteiger partial charge in [-0.15, -0.1) is 0 Å². The quantitative estimate of drug-likeness (QED) is 0.247. The molecular weight excluding hydrogens is 528 g/mol. The second-order valence-corrected chi connectivity index (χ2v) is 18.5. The molecule has 39 heavy (non-hydrogen) atoms. The lowest BCUT2D eigenvalue weighted by Gasteiger charge is -2.27. The normalized spacial score (nSPS) is 23.3. The van der Waals surface area contributed by atoms with Crippen LogP contribution in [-0.2, 0) is 23.8 Å². The molecule has 13 heteroatoms. The number of nitrogens with zero attached hydrogens (tertiary/aromatic N) is 2. The molecule has 2 amide bonds. The predicted molar refractivity (Wildman–Crippen MR) is 152 cm³/mol. The van der Waals surface area contributed by atoms with Gasteiger partial charge >= 0.3 is 24.1 Å². The third kappa shape index (κ3) is 13.5. The molecule has 2 aliphatic rings. The van der Waals surface area contributed by atoms with Crippen LogP contribution in [0.15, 0.2) is 0 Å². The first kappa shape index (κ1) is 36.6. The summed E-state index contributed by atoms with van der Waals surface area (Å²) in [6.07, 6.45) is -2.55. The first-order chi connectivity index (χ1) is 17.1. The number of esters is 1. The van der Waals surface area contributed by atoms with Crippen LogP contribution >= 0.6 is 0 Å². The maximum Gasteiger partial charge on any atom is 0.411 e. The number of likely N-dealkylation sites (tertiary alicyclic amines) is 2. The van der Waals surface area contributed by atoms with Crippen molar-refractivity contribution in [3.05, 3.63) is 0 Å². The zero-order chi connectivity index (χ0) is 29.6. The highest BCUT2D eigenvalue weighted by Crippen LogP contribution is 2.23. The summed E-state index contributed by atoms with van der Waals surface area (Å²) in [6.45, 7) is 17.5. The van der Waals surface area contributed by atoms with E-state index in [1.54, 1.807) is 41.5 Å². The van der Waals surface area contributed by atoms with Crippen LogP contribution in [0.25, 0.3) is 0 Å². The highest BCUT2D eigenvalue weighted by atomic mass is 28.3. The summed E-state index contributed by atoms with van der Waals surface area (Å²) in [7, 11) is -1.28. The monoisotopic (exact) mass is 584 g/mol. The van der Waals surface area contributed by atoms with E-state index in [0.717, 1.165) is 10.9 Å². The summed E-state index contributed by atoms with van der Waals surface area (Å²) in [4.78, 5) is 49.2. The highest BCUT2D eigenvalue weighted by Gasteiger charge is 2.42. The largest absolute Gasteiger partial charge is 1.00 e. The molecule has 2 fully saturated rings. The SMILES string of the molecule is C.CC(C)(C)OC(=O)N1C[C@H](O)C[C@H]1C(=O)O.CC(C)(C)OC(=O)N1C[C@H](O)C[C@H]1C(=O)OCC[Si](C)(C)C.[2H-].[2H-].[2H-]. The van der Waals surface area contributed by atoms with Crippen LogP contribution in [0, 0.1) is 0 Å². The number of aliphatic carboxylic acids is 1. The molecule has 0 aromatic heterocycles. The van der Waals surface area contributed by atoms with E-state index >= 15 is 0 Å². The summed E-state index contributed by atoms with van der Waals surface area (Å²) in [5.74, 6) is -1.58. The molecule has 0 aromatic carbocycles. The van der Waals surface area contributed by atoms with E-state index in [9.17, 15) is 29.4 Å². The number of hydrogen-bond donors (Lipinski definition) is 3. The summed E-state index contributed by atoms with van der Waals surface area (Å²) < 4.78 is 15.6. The fourth-order valence-electron chi connectivity index (χ4n) is 3.68. The third-order valence-electron chi connectivity index (χ3n) is 5.47. The average molecular weight is 585 g/mol. The molecular formula is C26H53N2O10Si-3. The number of aliphatic hydroxyl groups is 2. The van der Waals surface area contributed by atoms with Crippen LogP contribution in [-0.4, -0.2) is 113 Å². The first-order valence-corrected chi connectivity index (χ1v) is 16.5. The predicted octanol–water partition coefficient (Wildman–Crippen LogP) is 3.65. The number of amides is 2. The lowest BCUT2D eigenvalue weighted by Crippen LogP contribution is -2.44. The van der Waals surface area contributed by atoms with Crippen LogP contribution < -0.4 is 0 Å². The van der Waals surface area contributed by atoms with E-state index < -0.39 is 67.7 Å². The minimum atomic E-state index is -1.28. The molecule has 2 saturated heterocycles. The lowest BCUT2D eigenvalue weighted by molar-refractivity contribution is -0.148. The molecule has 0 radical (unpaired) electrons. The smallest absolute Gasteiger partial charge is 0.411 e. The average Bonchev–Trinajstić information content (AvgIpc) is 3.28. The lowest BCUT2D eigenvalue weighted by atomic mass is 10.2. The molecule has 12 nitrogen and oxygen atoms in total. The second-order valence-electron chi connectivity index (χ2n) is 12.9. The van der Waals surface area contributed by atoms with Crippen molar-refractivity contribution in [2.45, 2.75) is 123 Å². The molecule has 0 saturated carbocycles. The fourth-order valence-corrected chi connectivity index (χ4v) is 4.40. The van der Waals surface area contributed by atoms with E-state index in [-0.39, 0.29) is 37.6 Å². The van der Waals surface area contributed by atoms with Gasteiger partial charge in [0.2, 0.25) is 0 Å². The Bertz CT molecular complexity index is 863. The number of carbonyl (C=O) groups excluding carboxylic acids is 3. The van der Waals surface area contributed by atoms with Gasteiger partial charge < -0.3 is 33.8 Å². The summed E-state index contributed by atoms with van der Waals surface area (Å²) >= 11 is 0. The third-order valence-corrected chi connectivity index (χ3v) is 7.17. The van der Waals surface area contributed by atoms with Crippen LogP contribution in [0.3, 0.4) is 0 Å². The summed E-state index contributed by atoms with van der Waals surface area (Å²) in [6, 6.07) is -0.878. The van der Waals surface area contributed by atoms with Gasteiger partial charge in [0.05, 0.1) is 31.9 Å². The molecule has 234 valence electrons. The van der Waals surface area contributed by atoms with Crippen LogP contribution in [0.5, 0.6) is 0 Å². The Morgan fingerprint density at radius 1 is 0.821 bits per heavy atom. The van der Waals surface area contributed by atoms with Crippen molar-refractivity contribution in [1.29, 1.82) is 0 Å². The molecule has 4 atom stereocenters. The number of rotatable bonds is 5. The van der Waals surface area contributed by atoms with E-state index in [2.05, 4.69) is 19.6 Å². The molecule has 2 heterocycles. The number of carboxylic acids is 1. The zero-order valence-electron chi connectivity index (χ0n) is 27.1. The van der Waals surface area contributed by atoms with Crippen LogP contribution in [0.1, 0.15) is 66.1 Å². The van der Waals surface area contributed by atoms with Gasteiger partial charge in [0.25, 0.3) is 0 Å². The number of ether oxygens (including phenoxy) is 3. The summed E-state index contributed by atoms with van der Waals surface area (Å²) in [5, 5.41) is 28.0. The molecule has 0 spiro atoms. The minimum Gasteiger partial charge on any atom is -1.00 e. The molecule has 0 unspecified atom stereocenters. The Morgan fingerprint density at radius 3 is 1.56 bits per heavy atom. The van der Waals surface area contributed by atoms with Crippen molar-refractivity contribution >= 4 is 32.2 Å². The highest BCUT2D eigenvalue weighted by molar-refractivity contribution is 6.76. The van der Waals surface area contributed by atoms with Gasteiger partial charge in [-0.05, 0) is 47.6 Å². The van der Waals surface area contributed by atoms with Gasteiger partial charge in [-0.2, -0.15) is 0 Å². The second kappa shape index (κ2) is 14.3. The number of β-amino-alcohol motifs (C(OH)–C–C–N with tert-alkyl or cyclic N) is 2. The van der Waals surface area contributed by atoms with E-state index in [4.69, 9.17) is 19.3 Å². The van der Waals surface area contributed by atoms with Crippen molar-refractivity contribution in [2.24, 2.45) is 0 Å². The Kier molecular flexibility index (Phi) is 13.4. The maximum atomic E-state index is 12.2. The number of aliphatic hydroxyl groups excluding tert-OH is 2. The molecule has 3 N–H and O–H groups in total. The molecule has 0 aromatic rings. The van der Waals surface area contributed by atoms with E-state index in [1.165, 1.54) is 4.90 Å². The van der Waals surface area contributed by atoms with Gasteiger partial charge in [-0.1, -0.05) is 27.1 Å². The van der Waals surface area contributed by atoms with Crippen LogP contribution in [0.2, 0.25) is 25.7 Å². The molecule has 2 aliphatic heterocycles. The Hall–Kier alpha value is -2.38. The van der Waals surface area contributed by atoms with Crippen molar-refractivity contribution in [1.82, 2.24) is 9.80 Å². The molecule has 0 aliphatic carbocycles. The van der Waals surface area contributed by atoms with Crippen molar-refractivity contribution in [2.75, 3.05) is 19.7 Å². The molecule has 2 rings (SSSR count). The van der Waals surface area contributed by atoms with Crippen molar-refractivity contribution in [3.8, 4) is 0 Å². The van der Waals surface area contributed by atoms with Gasteiger partial charge in [0.1, 0.15) is 23.3 Å². The fraction of sp³-hybridized carbons (Fsp3) is 0.846.